The SMILES string of the molecule is C=C.CC1CC=C2C(CCC3C(C)CCCC23)C1. The highest BCUT2D eigenvalue weighted by atomic mass is 14.4. The smallest absolute Gasteiger partial charge is 0.0170 e. The first kappa shape index (κ1) is 13.9. The summed E-state index contributed by atoms with van der Waals surface area (Å²) in [5.74, 6) is 4.97. The maximum Gasteiger partial charge on any atom is -0.0170 e. The molecule has 0 saturated heterocycles. The molecule has 0 aliphatic heterocycles. The Hall–Kier alpha value is -0.520. The molecule has 0 aromatic heterocycles. The van der Waals surface area contributed by atoms with Gasteiger partial charge in [0.2, 0.25) is 0 Å². The van der Waals surface area contributed by atoms with E-state index in [0.717, 1.165) is 29.6 Å². The number of hydrogen-bond donors (Lipinski definition) is 0. The van der Waals surface area contributed by atoms with E-state index < -0.39 is 0 Å². The molecular weight excluding hydrogens is 216 g/mol. The van der Waals surface area contributed by atoms with Gasteiger partial charge in [0.1, 0.15) is 0 Å². The zero-order valence-electron chi connectivity index (χ0n) is 12.3. The Labute approximate surface area is 114 Å². The van der Waals surface area contributed by atoms with Crippen molar-refractivity contribution < 1.29 is 0 Å². The normalized spacial score (nSPS) is 42.8. The van der Waals surface area contributed by atoms with Crippen LogP contribution < -0.4 is 0 Å². The lowest BCUT2D eigenvalue weighted by atomic mass is 9.58. The van der Waals surface area contributed by atoms with Gasteiger partial charge in [0.25, 0.3) is 0 Å². The molecule has 0 aromatic rings. The molecule has 5 unspecified atom stereocenters. The van der Waals surface area contributed by atoms with Crippen molar-refractivity contribution in [3.63, 3.8) is 0 Å². The molecule has 0 radical (unpaired) electrons. The minimum atomic E-state index is 0.950. The third-order valence-electron chi connectivity index (χ3n) is 5.61. The van der Waals surface area contributed by atoms with E-state index in [0.29, 0.717) is 0 Å². The second-order valence-electron chi connectivity index (χ2n) is 6.73. The summed E-state index contributed by atoms with van der Waals surface area (Å²) in [7, 11) is 0. The van der Waals surface area contributed by atoms with Crippen LogP contribution in [0.4, 0.5) is 0 Å². The zero-order valence-corrected chi connectivity index (χ0v) is 12.3. The third-order valence-corrected chi connectivity index (χ3v) is 5.61. The summed E-state index contributed by atoms with van der Waals surface area (Å²) in [5, 5.41) is 0. The van der Waals surface area contributed by atoms with Gasteiger partial charge in [0.15, 0.2) is 0 Å². The molecule has 0 heterocycles. The second-order valence-corrected chi connectivity index (χ2v) is 6.73. The van der Waals surface area contributed by atoms with E-state index >= 15 is 0 Å². The van der Waals surface area contributed by atoms with E-state index in [1.54, 1.807) is 0 Å². The van der Waals surface area contributed by atoms with E-state index in [1.165, 1.54) is 44.9 Å². The molecule has 0 aromatic carbocycles. The van der Waals surface area contributed by atoms with Crippen LogP contribution in [-0.2, 0) is 0 Å². The van der Waals surface area contributed by atoms with Gasteiger partial charge in [-0.15, -0.1) is 13.2 Å². The van der Waals surface area contributed by atoms with Gasteiger partial charge >= 0.3 is 0 Å². The Morgan fingerprint density at radius 1 is 1.06 bits per heavy atom. The number of fused-ring (bicyclic) bond motifs is 3. The minimum absolute atomic E-state index is 0.950. The van der Waals surface area contributed by atoms with Gasteiger partial charge < -0.3 is 0 Å². The highest BCUT2D eigenvalue weighted by Gasteiger charge is 2.40. The van der Waals surface area contributed by atoms with Crippen molar-refractivity contribution in [2.45, 2.75) is 58.8 Å². The van der Waals surface area contributed by atoms with Gasteiger partial charge in [-0.05, 0) is 61.7 Å². The standard InChI is InChI=1S/C16H26.C2H4/c1-11-6-8-15-13(10-11)7-9-14-12(2)4-3-5-16(14)15;1-2/h8,11-14,16H,3-7,9-10H2,1-2H3;1-2H2. The van der Waals surface area contributed by atoms with Crippen LogP contribution in [-0.4, -0.2) is 0 Å². The van der Waals surface area contributed by atoms with Gasteiger partial charge in [-0.3, -0.25) is 0 Å². The first-order chi connectivity index (χ1) is 8.75. The average Bonchev–Trinajstić information content (AvgIpc) is 2.41. The zero-order chi connectivity index (χ0) is 13.1. The lowest BCUT2D eigenvalue weighted by molar-refractivity contribution is 0.122. The quantitative estimate of drug-likeness (QED) is 0.487. The van der Waals surface area contributed by atoms with Crippen molar-refractivity contribution >= 4 is 0 Å². The monoisotopic (exact) mass is 246 g/mol. The fourth-order valence-electron chi connectivity index (χ4n) is 4.74. The van der Waals surface area contributed by atoms with Crippen molar-refractivity contribution in [1.82, 2.24) is 0 Å². The number of rotatable bonds is 0. The summed E-state index contributed by atoms with van der Waals surface area (Å²) in [6.07, 6.45) is 13.0. The van der Waals surface area contributed by atoms with Gasteiger partial charge in [0, 0.05) is 0 Å². The largest absolute Gasteiger partial charge is 0.106 e. The van der Waals surface area contributed by atoms with E-state index in [9.17, 15) is 0 Å². The Morgan fingerprint density at radius 2 is 1.83 bits per heavy atom. The van der Waals surface area contributed by atoms with E-state index in [4.69, 9.17) is 0 Å². The lowest BCUT2D eigenvalue weighted by Crippen LogP contribution is -2.36. The van der Waals surface area contributed by atoms with E-state index in [1.807, 2.05) is 5.57 Å². The predicted molar refractivity (Wildman–Crippen MR) is 80.5 cm³/mol. The Morgan fingerprint density at radius 3 is 2.61 bits per heavy atom. The molecule has 0 heteroatoms. The van der Waals surface area contributed by atoms with Gasteiger partial charge in [0.05, 0.1) is 0 Å². The summed E-state index contributed by atoms with van der Waals surface area (Å²) in [5.41, 5.74) is 1.90. The first-order valence-electron chi connectivity index (χ1n) is 7.95. The highest BCUT2D eigenvalue weighted by Crippen LogP contribution is 2.51. The summed E-state index contributed by atoms with van der Waals surface area (Å²) in [4.78, 5) is 0. The summed E-state index contributed by atoms with van der Waals surface area (Å²) >= 11 is 0. The summed E-state index contributed by atoms with van der Waals surface area (Å²) < 4.78 is 0. The van der Waals surface area contributed by atoms with E-state index in [-0.39, 0.29) is 0 Å². The van der Waals surface area contributed by atoms with Crippen LogP contribution in [0.1, 0.15) is 58.8 Å². The van der Waals surface area contributed by atoms with Crippen molar-refractivity contribution in [3.05, 3.63) is 24.8 Å². The molecule has 0 N–H and O–H groups in total. The van der Waals surface area contributed by atoms with Crippen molar-refractivity contribution in [2.75, 3.05) is 0 Å². The molecule has 0 nitrogen and oxygen atoms in total. The number of hydrogen-bond acceptors (Lipinski definition) is 0. The Kier molecular flexibility index (Phi) is 4.70. The average molecular weight is 246 g/mol. The van der Waals surface area contributed by atoms with Crippen LogP contribution in [0.5, 0.6) is 0 Å². The van der Waals surface area contributed by atoms with Crippen molar-refractivity contribution in [1.29, 1.82) is 0 Å². The molecule has 2 fully saturated rings. The summed E-state index contributed by atoms with van der Waals surface area (Å²) in [6.45, 7) is 10.9. The van der Waals surface area contributed by atoms with Crippen LogP contribution >= 0.6 is 0 Å². The maximum absolute atomic E-state index is 3.00. The van der Waals surface area contributed by atoms with Crippen LogP contribution in [0.2, 0.25) is 0 Å². The van der Waals surface area contributed by atoms with Crippen LogP contribution in [0.15, 0.2) is 24.8 Å². The van der Waals surface area contributed by atoms with Gasteiger partial charge in [-0.2, -0.15) is 0 Å². The van der Waals surface area contributed by atoms with E-state index in [2.05, 4.69) is 33.1 Å². The predicted octanol–water partition coefficient (Wildman–Crippen LogP) is 5.61. The molecule has 0 spiro atoms. The van der Waals surface area contributed by atoms with Crippen LogP contribution in [0, 0.1) is 29.6 Å². The first-order valence-corrected chi connectivity index (χ1v) is 7.95. The molecule has 3 rings (SSSR count). The molecule has 102 valence electrons. The third kappa shape index (κ3) is 2.58. The Bertz CT molecular complexity index is 301. The maximum atomic E-state index is 3.00. The van der Waals surface area contributed by atoms with Gasteiger partial charge in [-0.25, -0.2) is 0 Å². The molecule has 3 aliphatic carbocycles. The second kappa shape index (κ2) is 6.08. The van der Waals surface area contributed by atoms with Crippen LogP contribution in [0.3, 0.4) is 0 Å². The number of allylic oxidation sites excluding steroid dienone is 2. The molecule has 5 atom stereocenters. The Balaban J connectivity index is 0.000000574. The highest BCUT2D eigenvalue weighted by molar-refractivity contribution is 5.19. The van der Waals surface area contributed by atoms with Gasteiger partial charge in [-0.1, -0.05) is 38.3 Å². The molecule has 18 heavy (non-hydrogen) atoms. The van der Waals surface area contributed by atoms with Crippen LogP contribution in [0.25, 0.3) is 0 Å². The lowest BCUT2D eigenvalue weighted by Gasteiger charge is -2.47. The molecule has 2 saturated carbocycles. The minimum Gasteiger partial charge on any atom is -0.106 e. The molecule has 0 amide bonds. The summed E-state index contributed by atoms with van der Waals surface area (Å²) in [6, 6.07) is 0. The van der Waals surface area contributed by atoms with Crippen molar-refractivity contribution in [2.24, 2.45) is 29.6 Å². The molecular formula is C18H30. The fraction of sp³-hybridized carbons (Fsp3) is 0.778. The molecule has 3 aliphatic rings. The molecule has 0 bridgehead atoms. The van der Waals surface area contributed by atoms with Crippen molar-refractivity contribution in [3.8, 4) is 0 Å². The topological polar surface area (TPSA) is 0 Å². The fourth-order valence-corrected chi connectivity index (χ4v) is 4.74.